The van der Waals surface area contributed by atoms with Gasteiger partial charge in [-0.2, -0.15) is 5.26 Å². The maximum atomic E-state index is 13.1. The van der Waals surface area contributed by atoms with E-state index in [1.807, 2.05) is 12.3 Å². The molecule has 0 fully saturated rings. The predicted molar refractivity (Wildman–Crippen MR) is 324 cm³/mol. The molecular weight excluding hydrogens is 957 g/mol. The Morgan fingerprint density at radius 3 is 1.09 bits per heavy atom. The molecule has 0 amide bonds. The molecular formula is C70H46N6S. The molecule has 7 heteroatoms. The van der Waals surface area contributed by atoms with E-state index in [0.29, 0.717) is 5.56 Å². The molecule has 0 aliphatic heterocycles. The number of para-hydroxylation sites is 8. The Hall–Kier alpha value is -9.74. The van der Waals surface area contributed by atoms with Gasteiger partial charge in [-0.3, -0.25) is 0 Å². The molecule has 0 bridgehead atoms. The van der Waals surface area contributed by atoms with Crippen molar-refractivity contribution in [3.05, 3.63) is 234 Å². The van der Waals surface area contributed by atoms with Crippen LogP contribution < -0.4 is 0 Å². The van der Waals surface area contributed by atoms with Gasteiger partial charge in [0.25, 0.3) is 0 Å². The molecule has 0 N–H and O–H groups in total. The SMILES string of the molecule is Cc1cccc2c3ccccc3n(-c3c(C#N)c(-n4c5ccccc5c5cccc(C)c54)c(-n4c5ccccc5c5cccc(C)c54)c(-c4cccc5c4sc4ncccc45)c3-n3c4ccccc4c4cccc(C)c43)c12. The molecule has 6 heterocycles. The van der Waals surface area contributed by atoms with Gasteiger partial charge in [0.2, 0.25) is 0 Å². The topological polar surface area (TPSA) is 56.4 Å². The number of nitriles is 1. The van der Waals surface area contributed by atoms with Crippen LogP contribution in [0.15, 0.2) is 206 Å². The Labute approximate surface area is 446 Å². The van der Waals surface area contributed by atoms with Crippen molar-refractivity contribution < 1.29 is 0 Å². The zero-order chi connectivity index (χ0) is 51.4. The Bertz CT molecular complexity index is 5030. The van der Waals surface area contributed by atoms with Gasteiger partial charge in [-0.25, -0.2) is 4.98 Å². The number of aromatic nitrogens is 5. The van der Waals surface area contributed by atoms with Crippen LogP contribution in [0, 0.1) is 39.0 Å². The van der Waals surface area contributed by atoms with E-state index in [-0.39, 0.29) is 0 Å². The van der Waals surface area contributed by atoms with Crippen LogP contribution in [-0.2, 0) is 0 Å². The zero-order valence-electron chi connectivity index (χ0n) is 42.7. The molecule has 6 aromatic heterocycles. The van der Waals surface area contributed by atoms with Crippen molar-refractivity contribution in [3.63, 3.8) is 0 Å². The lowest BCUT2D eigenvalue weighted by molar-refractivity contribution is 1.03. The van der Waals surface area contributed by atoms with Crippen LogP contribution in [0.4, 0.5) is 0 Å². The standard InChI is InChI=1S/C70H46N6S/c1-40-19-13-27-48-44-23-5-9-34-56(44)73(61(40)48)65-55(39-71)66(74-57-35-10-6-24-45(57)49-28-14-20-41(2)62(49)74)68(76-59-37-12-8-26-47(59)51-30-16-22-43(4)64(51)76)60(54-32-17-31-52-53-33-18-38-72-70(53)77-69(52)54)67(65)75-58-36-11-7-25-46(58)50-29-15-21-42(3)63(50)75/h5-38H,1-4H3. The van der Waals surface area contributed by atoms with E-state index in [0.717, 1.165) is 164 Å². The normalized spacial score (nSPS) is 12.1. The number of hydrogen-bond acceptors (Lipinski definition) is 3. The number of nitrogens with zero attached hydrogens (tertiary/aromatic N) is 6. The lowest BCUT2D eigenvalue weighted by Gasteiger charge is -2.30. The number of hydrogen-bond donors (Lipinski definition) is 0. The molecule has 0 aliphatic rings. The quantitative estimate of drug-likeness (QED) is 0.172. The summed E-state index contributed by atoms with van der Waals surface area (Å²) in [7, 11) is 0. The zero-order valence-corrected chi connectivity index (χ0v) is 43.5. The van der Waals surface area contributed by atoms with Gasteiger partial charge in [-0.1, -0.05) is 164 Å². The van der Waals surface area contributed by atoms with Gasteiger partial charge in [0, 0.05) is 75.9 Å². The van der Waals surface area contributed by atoms with Crippen molar-refractivity contribution in [2.24, 2.45) is 0 Å². The molecule has 362 valence electrons. The first kappa shape index (κ1) is 43.6. The van der Waals surface area contributed by atoms with Crippen LogP contribution in [0.5, 0.6) is 0 Å². The molecule has 0 aliphatic carbocycles. The summed E-state index contributed by atoms with van der Waals surface area (Å²) in [6.45, 7) is 8.90. The molecule has 0 unspecified atom stereocenters. The van der Waals surface area contributed by atoms with Crippen molar-refractivity contribution >= 4 is 119 Å². The average molecular weight is 1000 g/mol. The molecule has 16 rings (SSSR count). The van der Waals surface area contributed by atoms with E-state index < -0.39 is 0 Å². The smallest absolute Gasteiger partial charge is 0.124 e. The van der Waals surface area contributed by atoms with Crippen molar-refractivity contribution in [3.8, 4) is 39.9 Å². The van der Waals surface area contributed by atoms with E-state index in [2.05, 4.69) is 246 Å². The van der Waals surface area contributed by atoms with Gasteiger partial charge < -0.3 is 18.3 Å². The third-order valence-electron chi connectivity index (χ3n) is 16.5. The minimum atomic E-state index is 0.555. The predicted octanol–water partition coefficient (Wildman–Crippen LogP) is 18.6. The fourth-order valence-electron chi connectivity index (χ4n) is 13.4. The summed E-state index contributed by atoms with van der Waals surface area (Å²) in [6.07, 6.45) is 1.91. The summed E-state index contributed by atoms with van der Waals surface area (Å²) in [5.74, 6) is 0. The fourth-order valence-corrected chi connectivity index (χ4v) is 14.6. The largest absolute Gasteiger partial charge is 0.306 e. The van der Waals surface area contributed by atoms with E-state index in [9.17, 15) is 5.26 Å². The van der Waals surface area contributed by atoms with Crippen molar-refractivity contribution in [1.82, 2.24) is 23.3 Å². The monoisotopic (exact) mass is 1000 g/mol. The van der Waals surface area contributed by atoms with Crippen molar-refractivity contribution in [2.45, 2.75) is 27.7 Å². The molecule has 0 radical (unpaired) electrons. The van der Waals surface area contributed by atoms with Gasteiger partial charge in [-0.05, 0) is 86.3 Å². The lowest BCUT2D eigenvalue weighted by atomic mass is 9.92. The maximum Gasteiger partial charge on any atom is 0.124 e. The maximum absolute atomic E-state index is 13.1. The summed E-state index contributed by atoms with van der Waals surface area (Å²) in [5.41, 5.74) is 19.0. The first-order chi connectivity index (χ1) is 37.9. The van der Waals surface area contributed by atoms with Gasteiger partial charge in [0.05, 0.1) is 66.9 Å². The van der Waals surface area contributed by atoms with E-state index >= 15 is 0 Å². The highest BCUT2D eigenvalue weighted by atomic mass is 32.1. The van der Waals surface area contributed by atoms with Gasteiger partial charge in [0.15, 0.2) is 0 Å². The molecule has 0 spiro atoms. The highest BCUT2D eigenvalue weighted by Crippen LogP contribution is 2.54. The van der Waals surface area contributed by atoms with Gasteiger partial charge >= 0.3 is 0 Å². The first-order valence-corrected chi connectivity index (χ1v) is 27.1. The number of fused-ring (bicyclic) bond motifs is 15. The second kappa shape index (κ2) is 16.1. The van der Waals surface area contributed by atoms with Crippen LogP contribution in [0.2, 0.25) is 0 Å². The Morgan fingerprint density at radius 2 is 0.688 bits per heavy atom. The summed E-state index contributed by atoms with van der Waals surface area (Å²) < 4.78 is 11.1. The van der Waals surface area contributed by atoms with Crippen LogP contribution in [0.1, 0.15) is 27.8 Å². The molecule has 0 atom stereocenters. The van der Waals surface area contributed by atoms with Crippen molar-refractivity contribution in [2.75, 3.05) is 0 Å². The Balaban J connectivity index is 1.32. The van der Waals surface area contributed by atoms with Gasteiger partial charge in [0.1, 0.15) is 16.5 Å². The number of benzene rings is 10. The van der Waals surface area contributed by atoms with E-state index in [1.165, 1.54) is 0 Å². The van der Waals surface area contributed by atoms with Crippen LogP contribution in [0.25, 0.3) is 141 Å². The third kappa shape index (κ3) is 5.80. The fraction of sp³-hybridized carbons (Fsp3) is 0.0571. The van der Waals surface area contributed by atoms with E-state index in [1.54, 1.807) is 11.3 Å². The molecule has 0 saturated carbocycles. The van der Waals surface area contributed by atoms with Gasteiger partial charge in [-0.15, -0.1) is 11.3 Å². The molecule has 6 nitrogen and oxygen atoms in total. The minimum Gasteiger partial charge on any atom is -0.306 e. The number of aryl methyl sites for hydroxylation is 4. The minimum absolute atomic E-state index is 0.555. The number of pyridine rings is 1. The van der Waals surface area contributed by atoms with Crippen LogP contribution in [0.3, 0.4) is 0 Å². The number of thiophene rings is 1. The summed E-state index contributed by atoms with van der Waals surface area (Å²) in [4.78, 5) is 6.02. The lowest BCUT2D eigenvalue weighted by Crippen LogP contribution is -2.17. The third-order valence-corrected chi connectivity index (χ3v) is 17.7. The highest BCUT2D eigenvalue weighted by molar-refractivity contribution is 7.26. The summed E-state index contributed by atoms with van der Waals surface area (Å²) in [6, 6.07) is 76.0. The second-order valence-corrected chi connectivity index (χ2v) is 21.7. The second-order valence-electron chi connectivity index (χ2n) is 20.7. The van der Waals surface area contributed by atoms with Crippen LogP contribution >= 0.6 is 11.3 Å². The molecule has 10 aromatic carbocycles. The number of rotatable bonds is 5. The molecule has 77 heavy (non-hydrogen) atoms. The van der Waals surface area contributed by atoms with E-state index in [4.69, 9.17) is 4.98 Å². The Kier molecular flexibility index (Phi) is 9.14. The Morgan fingerprint density at radius 1 is 0.351 bits per heavy atom. The molecule has 0 saturated heterocycles. The summed E-state index contributed by atoms with van der Waals surface area (Å²) in [5, 5.41) is 24.4. The van der Waals surface area contributed by atoms with Crippen LogP contribution in [-0.4, -0.2) is 23.3 Å². The average Bonchev–Trinajstić information content (AvgIpc) is 4.32. The molecule has 16 aromatic rings. The summed E-state index contributed by atoms with van der Waals surface area (Å²) >= 11 is 1.74. The highest BCUT2D eigenvalue weighted by Gasteiger charge is 2.36. The first-order valence-electron chi connectivity index (χ1n) is 26.3. The van der Waals surface area contributed by atoms with Crippen molar-refractivity contribution in [1.29, 1.82) is 5.26 Å².